The summed E-state index contributed by atoms with van der Waals surface area (Å²) in [4.78, 5) is 24.2. The van der Waals surface area contributed by atoms with E-state index in [1.807, 2.05) is 31.2 Å². The minimum absolute atomic E-state index is 0.189. The van der Waals surface area contributed by atoms with Gasteiger partial charge in [0.1, 0.15) is 5.75 Å². The van der Waals surface area contributed by atoms with Crippen LogP contribution in [-0.4, -0.2) is 38.4 Å². The molecule has 0 heterocycles. The van der Waals surface area contributed by atoms with Crippen LogP contribution in [0.25, 0.3) is 0 Å². The van der Waals surface area contributed by atoms with Gasteiger partial charge in [-0.3, -0.25) is 9.59 Å². The van der Waals surface area contributed by atoms with Crippen molar-refractivity contribution < 1.29 is 23.8 Å². The fourth-order valence-corrected chi connectivity index (χ4v) is 3.34. The van der Waals surface area contributed by atoms with Crippen LogP contribution in [0.5, 0.6) is 17.2 Å². The van der Waals surface area contributed by atoms with Crippen LogP contribution < -0.4 is 25.0 Å². The summed E-state index contributed by atoms with van der Waals surface area (Å²) >= 11 is 11.8. The quantitative estimate of drug-likeness (QED) is 0.297. The number of ether oxygens (including phenoxy) is 3. The van der Waals surface area contributed by atoms with Gasteiger partial charge in [-0.05, 0) is 60.5 Å². The van der Waals surface area contributed by atoms with Crippen LogP contribution in [0.4, 0.5) is 5.69 Å². The molecule has 0 aliphatic carbocycles. The van der Waals surface area contributed by atoms with E-state index in [0.717, 1.165) is 11.3 Å². The summed E-state index contributed by atoms with van der Waals surface area (Å²) in [5.41, 5.74) is 4.68. The van der Waals surface area contributed by atoms with Crippen LogP contribution >= 0.6 is 23.2 Å². The van der Waals surface area contributed by atoms with Gasteiger partial charge in [-0.2, -0.15) is 5.10 Å². The number of aryl methyl sites for hydroxylation is 1. The number of hydrogen-bond donors (Lipinski definition) is 2. The second-order valence-electron chi connectivity index (χ2n) is 7.22. The van der Waals surface area contributed by atoms with E-state index in [2.05, 4.69) is 15.8 Å². The largest absolute Gasteiger partial charge is 0.493 e. The van der Waals surface area contributed by atoms with E-state index >= 15 is 0 Å². The average molecular weight is 516 g/mol. The maximum atomic E-state index is 12.2. The lowest BCUT2D eigenvalue weighted by Gasteiger charge is -2.12. The van der Waals surface area contributed by atoms with Gasteiger partial charge in [0.05, 0.1) is 18.3 Å². The molecule has 0 spiro atoms. The van der Waals surface area contributed by atoms with Crippen molar-refractivity contribution in [2.45, 2.75) is 6.92 Å². The molecule has 35 heavy (non-hydrogen) atoms. The lowest BCUT2D eigenvalue weighted by molar-refractivity contribution is -0.123. The number of nitrogens with zero attached hydrogens (tertiary/aromatic N) is 1. The molecule has 0 radical (unpaired) electrons. The number of hydrogen-bond acceptors (Lipinski definition) is 6. The van der Waals surface area contributed by atoms with E-state index in [4.69, 9.17) is 37.4 Å². The molecular weight excluding hydrogens is 493 g/mol. The topological polar surface area (TPSA) is 98.2 Å². The first kappa shape index (κ1) is 25.9. The number of methoxy groups -OCH3 is 1. The molecule has 0 unspecified atom stereocenters. The van der Waals surface area contributed by atoms with E-state index in [1.54, 1.807) is 30.3 Å². The number of amides is 2. The molecule has 3 rings (SSSR count). The number of para-hydroxylation sites is 1. The standard InChI is InChI=1S/C25H23Cl2N3O5/c1-16-5-3-4-6-20(16)29-24(31)14-35-22-9-7-17(11-23(22)33-2)13-28-30-25(32)15-34-21-10-8-18(26)12-19(21)27/h3-13H,14-15H2,1-2H3,(H,29,31)(H,30,32)/b28-13+. The van der Waals surface area contributed by atoms with Crippen molar-refractivity contribution in [3.63, 3.8) is 0 Å². The Morgan fingerprint density at radius 1 is 0.914 bits per heavy atom. The maximum Gasteiger partial charge on any atom is 0.277 e. The van der Waals surface area contributed by atoms with Gasteiger partial charge in [0, 0.05) is 10.7 Å². The van der Waals surface area contributed by atoms with Crippen molar-refractivity contribution in [1.29, 1.82) is 0 Å². The maximum absolute atomic E-state index is 12.2. The predicted octanol–water partition coefficient (Wildman–Crippen LogP) is 4.86. The van der Waals surface area contributed by atoms with Gasteiger partial charge in [0.2, 0.25) is 0 Å². The molecule has 0 fully saturated rings. The number of nitrogens with one attached hydrogen (secondary N) is 2. The normalized spacial score (nSPS) is 10.6. The zero-order chi connectivity index (χ0) is 25.2. The smallest absolute Gasteiger partial charge is 0.277 e. The Hall–Kier alpha value is -3.75. The van der Waals surface area contributed by atoms with E-state index in [9.17, 15) is 9.59 Å². The third-order valence-corrected chi connectivity index (χ3v) is 5.15. The summed E-state index contributed by atoms with van der Waals surface area (Å²) in [6.45, 7) is 1.44. The molecule has 182 valence electrons. The number of rotatable bonds is 10. The Morgan fingerprint density at radius 2 is 1.63 bits per heavy atom. The zero-order valence-electron chi connectivity index (χ0n) is 19.0. The van der Waals surface area contributed by atoms with Crippen molar-refractivity contribution in [3.8, 4) is 17.2 Å². The van der Waals surface area contributed by atoms with Gasteiger partial charge >= 0.3 is 0 Å². The van der Waals surface area contributed by atoms with Gasteiger partial charge in [-0.25, -0.2) is 5.43 Å². The van der Waals surface area contributed by atoms with Crippen LogP contribution in [0, 0.1) is 6.92 Å². The SMILES string of the molecule is COc1cc(/C=N/NC(=O)COc2ccc(Cl)cc2Cl)ccc1OCC(=O)Nc1ccccc1C. The highest BCUT2D eigenvalue weighted by molar-refractivity contribution is 6.35. The second-order valence-corrected chi connectivity index (χ2v) is 8.06. The summed E-state index contributed by atoms with van der Waals surface area (Å²) in [6, 6.07) is 17.2. The summed E-state index contributed by atoms with van der Waals surface area (Å²) in [5, 5.41) is 7.48. The number of anilines is 1. The molecule has 0 aliphatic rings. The number of carbonyl (C=O) groups excluding carboxylic acids is 2. The van der Waals surface area contributed by atoms with Crippen LogP contribution in [-0.2, 0) is 9.59 Å². The summed E-state index contributed by atoms with van der Waals surface area (Å²) < 4.78 is 16.3. The first-order valence-electron chi connectivity index (χ1n) is 10.4. The van der Waals surface area contributed by atoms with E-state index < -0.39 is 5.91 Å². The Bertz CT molecular complexity index is 1230. The highest BCUT2D eigenvalue weighted by Gasteiger charge is 2.10. The molecule has 0 atom stereocenters. The average Bonchev–Trinajstić information content (AvgIpc) is 2.84. The molecule has 0 bridgehead atoms. The second kappa shape index (κ2) is 12.6. The van der Waals surface area contributed by atoms with Gasteiger partial charge in [0.25, 0.3) is 11.8 Å². The molecule has 3 aromatic carbocycles. The molecule has 0 saturated carbocycles. The summed E-state index contributed by atoms with van der Waals surface area (Å²) in [5.74, 6) is 0.366. The third kappa shape index (κ3) is 7.91. The van der Waals surface area contributed by atoms with E-state index in [-0.39, 0.29) is 19.1 Å². The molecule has 3 aromatic rings. The molecule has 2 N–H and O–H groups in total. The first-order valence-corrected chi connectivity index (χ1v) is 11.2. The fourth-order valence-electron chi connectivity index (χ4n) is 2.87. The van der Waals surface area contributed by atoms with Crippen molar-refractivity contribution in [3.05, 3.63) is 81.8 Å². The number of hydrazone groups is 1. The van der Waals surface area contributed by atoms with Crippen LogP contribution in [0.2, 0.25) is 10.0 Å². The number of carbonyl (C=O) groups is 2. The number of halogens is 2. The van der Waals surface area contributed by atoms with E-state index in [0.29, 0.717) is 32.9 Å². The molecule has 8 nitrogen and oxygen atoms in total. The van der Waals surface area contributed by atoms with Gasteiger partial charge in [0.15, 0.2) is 24.7 Å². The zero-order valence-corrected chi connectivity index (χ0v) is 20.5. The molecule has 2 amide bonds. The summed E-state index contributed by atoms with van der Waals surface area (Å²) in [7, 11) is 1.48. The Kier molecular flexibility index (Phi) is 9.34. The van der Waals surface area contributed by atoms with Crippen molar-refractivity contribution in [2.75, 3.05) is 25.6 Å². The lowest BCUT2D eigenvalue weighted by Crippen LogP contribution is -2.24. The Balaban J connectivity index is 1.50. The highest BCUT2D eigenvalue weighted by atomic mass is 35.5. The molecule has 0 saturated heterocycles. The molecule has 0 aliphatic heterocycles. The van der Waals surface area contributed by atoms with Crippen LogP contribution in [0.3, 0.4) is 0 Å². The van der Waals surface area contributed by atoms with Crippen molar-refractivity contribution >= 4 is 46.9 Å². The Labute approximate surface area is 212 Å². The van der Waals surface area contributed by atoms with Crippen molar-refractivity contribution in [2.24, 2.45) is 5.10 Å². The van der Waals surface area contributed by atoms with Crippen LogP contribution in [0.1, 0.15) is 11.1 Å². The lowest BCUT2D eigenvalue weighted by atomic mass is 10.2. The van der Waals surface area contributed by atoms with Gasteiger partial charge < -0.3 is 19.5 Å². The monoisotopic (exact) mass is 515 g/mol. The molecule has 0 aromatic heterocycles. The van der Waals surface area contributed by atoms with Gasteiger partial charge in [-0.15, -0.1) is 0 Å². The highest BCUT2D eigenvalue weighted by Crippen LogP contribution is 2.28. The first-order chi connectivity index (χ1) is 16.9. The minimum atomic E-state index is -0.473. The minimum Gasteiger partial charge on any atom is -0.493 e. The van der Waals surface area contributed by atoms with Crippen molar-refractivity contribution in [1.82, 2.24) is 5.43 Å². The molecular formula is C25H23Cl2N3O5. The summed E-state index contributed by atoms with van der Waals surface area (Å²) in [6.07, 6.45) is 1.43. The third-order valence-electron chi connectivity index (χ3n) is 4.62. The van der Waals surface area contributed by atoms with Gasteiger partial charge in [-0.1, -0.05) is 41.4 Å². The Morgan fingerprint density at radius 3 is 2.37 bits per heavy atom. The van der Waals surface area contributed by atoms with Crippen LogP contribution in [0.15, 0.2) is 65.8 Å². The molecule has 10 heteroatoms. The predicted molar refractivity (Wildman–Crippen MR) is 136 cm³/mol. The van der Waals surface area contributed by atoms with E-state index in [1.165, 1.54) is 19.4 Å². The fraction of sp³-hybridized carbons (Fsp3) is 0.160. The number of benzene rings is 3.